The zero-order valence-corrected chi connectivity index (χ0v) is 13.8. The summed E-state index contributed by atoms with van der Waals surface area (Å²) in [6.45, 7) is 4.40. The molecule has 1 amide bonds. The van der Waals surface area contributed by atoms with E-state index in [1.807, 2.05) is 31.2 Å². The fraction of sp³-hybridized carbons (Fsp3) is 0.312. The van der Waals surface area contributed by atoms with Crippen LogP contribution >= 0.6 is 0 Å². The van der Waals surface area contributed by atoms with Gasteiger partial charge in [-0.1, -0.05) is 34.6 Å². The summed E-state index contributed by atoms with van der Waals surface area (Å²) in [5.41, 5.74) is -0.376. The van der Waals surface area contributed by atoms with Crippen molar-refractivity contribution in [1.29, 1.82) is 0 Å². The number of carbonyl (C=O) groups excluding carboxylic acids is 1. The third-order valence-electron chi connectivity index (χ3n) is 3.54. The second kappa shape index (κ2) is 7.03. The highest BCUT2D eigenvalue weighted by atomic mass is 16.5. The maximum absolute atomic E-state index is 12.6. The van der Waals surface area contributed by atoms with Gasteiger partial charge in [0.1, 0.15) is 11.4 Å². The maximum atomic E-state index is 12.6. The molecule has 0 aliphatic rings. The standard InChI is InChI=1S/C16H20N4O4/c1-4-17-13-12(15(22)20(24)16(23)18-13)14(21)19(3)9-11-7-5-10(2)6-8-11/h5-8,17,24H,4,9H2,1-3H3,(H,18,23). The van der Waals surface area contributed by atoms with Gasteiger partial charge in [-0.3, -0.25) is 14.6 Å². The lowest BCUT2D eigenvalue weighted by atomic mass is 10.1. The van der Waals surface area contributed by atoms with E-state index in [9.17, 15) is 19.6 Å². The summed E-state index contributed by atoms with van der Waals surface area (Å²) >= 11 is 0. The molecule has 1 aromatic carbocycles. The molecule has 0 aliphatic carbocycles. The van der Waals surface area contributed by atoms with Crippen LogP contribution in [-0.2, 0) is 6.54 Å². The summed E-state index contributed by atoms with van der Waals surface area (Å²) in [6, 6.07) is 7.64. The Balaban J connectivity index is 2.37. The number of nitrogens with one attached hydrogen (secondary N) is 2. The van der Waals surface area contributed by atoms with Crippen LogP contribution in [0.3, 0.4) is 0 Å². The van der Waals surface area contributed by atoms with Crippen LogP contribution in [0, 0.1) is 6.92 Å². The molecule has 0 saturated heterocycles. The molecule has 1 heterocycles. The monoisotopic (exact) mass is 332 g/mol. The molecular formula is C16H20N4O4. The average molecular weight is 332 g/mol. The van der Waals surface area contributed by atoms with E-state index in [0.717, 1.165) is 11.1 Å². The first-order chi connectivity index (χ1) is 11.3. The number of hydrogen-bond donors (Lipinski definition) is 3. The Hall–Kier alpha value is -3.03. The van der Waals surface area contributed by atoms with E-state index in [-0.39, 0.29) is 22.7 Å². The largest absolute Gasteiger partial charge is 0.421 e. The van der Waals surface area contributed by atoms with Gasteiger partial charge in [0, 0.05) is 20.1 Å². The molecule has 24 heavy (non-hydrogen) atoms. The summed E-state index contributed by atoms with van der Waals surface area (Å²) < 4.78 is -0.103. The highest BCUT2D eigenvalue weighted by molar-refractivity contribution is 5.98. The van der Waals surface area contributed by atoms with Gasteiger partial charge < -0.3 is 15.4 Å². The quantitative estimate of drug-likeness (QED) is 0.702. The third-order valence-corrected chi connectivity index (χ3v) is 3.54. The average Bonchev–Trinajstić information content (AvgIpc) is 2.55. The number of rotatable bonds is 5. The third kappa shape index (κ3) is 3.48. The molecule has 8 heteroatoms. The van der Waals surface area contributed by atoms with E-state index in [1.165, 1.54) is 4.90 Å². The zero-order chi connectivity index (χ0) is 17.9. The SMILES string of the molecule is CCNc1[nH]c(=O)n(O)c(=O)c1C(=O)N(C)Cc1ccc(C)cc1. The van der Waals surface area contributed by atoms with Crippen molar-refractivity contribution in [2.24, 2.45) is 0 Å². The Morgan fingerprint density at radius 1 is 1.29 bits per heavy atom. The Morgan fingerprint density at radius 2 is 1.92 bits per heavy atom. The second-order valence-electron chi connectivity index (χ2n) is 5.47. The van der Waals surface area contributed by atoms with Crippen LogP contribution in [-0.4, -0.2) is 39.3 Å². The molecule has 2 aromatic rings. The van der Waals surface area contributed by atoms with Crippen molar-refractivity contribution in [3.8, 4) is 0 Å². The molecule has 0 bridgehead atoms. The molecule has 0 saturated carbocycles. The van der Waals surface area contributed by atoms with Crippen LogP contribution in [0.5, 0.6) is 0 Å². The Labute approximate surface area is 138 Å². The molecular weight excluding hydrogens is 312 g/mol. The summed E-state index contributed by atoms with van der Waals surface area (Å²) in [6.07, 6.45) is 0. The van der Waals surface area contributed by atoms with Gasteiger partial charge >= 0.3 is 11.2 Å². The van der Waals surface area contributed by atoms with Crippen molar-refractivity contribution >= 4 is 11.7 Å². The van der Waals surface area contributed by atoms with E-state index in [0.29, 0.717) is 6.54 Å². The summed E-state index contributed by atoms with van der Waals surface area (Å²) in [7, 11) is 1.55. The van der Waals surface area contributed by atoms with Crippen molar-refractivity contribution < 1.29 is 10.0 Å². The van der Waals surface area contributed by atoms with Crippen molar-refractivity contribution in [1.82, 2.24) is 14.6 Å². The highest BCUT2D eigenvalue weighted by Crippen LogP contribution is 2.11. The molecule has 0 aliphatic heterocycles. The first-order valence-electron chi connectivity index (χ1n) is 7.48. The smallest absolute Gasteiger partial charge is 0.363 e. The van der Waals surface area contributed by atoms with Gasteiger partial charge in [-0.05, 0) is 19.4 Å². The second-order valence-corrected chi connectivity index (χ2v) is 5.47. The Morgan fingerprint density at radius 3 is 2.50 bits per heavy atom. The molecule has 128 valence electrons. The lowest BCUT2D eigenvalue weighted by Gasteiger charge is -2.19. The van der Waals surface area contributed by atoms with Crippen molar-refractivity contribution in [2.45, 2.75) is 20.4 Å². The number of H-pyrrole nitrogens is 1. The molecule has 0 radical (unpaired) electrons. The molecule has 0 fully saturated rings. The number of aromatic amines is 1. The number of carbonyl (C=O) groups is 1. The molecule has 8 nitrogen and oxygen atoms in total. The first kappa shape index (κ1) is 17.3. The van der Waals surface area contributed by atoms with Gasteiger partial charge in [-0.15, -0.1) is 0 Å². The van der Waals surface area contributed by atoms with Gasteiger partial charge in [-0.2, -0.15) is 0 Å². The molecule has 0 spiro atoms. The van der Waals surface area contributed by atoms with Gasteiger partial charge in [0.25, 0.3) is 5.91 Å². The first-order valence-corrected chi connectivity index (χ1v) is 7.48. The van der Waals surface area contributed by atoms with E-state index in [1.54, 1.807) is 14.0 Å². The topological polar surface area (TPSA) is 107 Å². The van der Waals surface area contributed by atoms with Crippen molar-refractivity contribution in [3.63, 3.8) is 0 Å². The minimum Gasteiger partial charge on any atom is -0.421 e. The summed E-state index contributed by atoms with van der Waals surface area (Å²) in [5.74, 6) is -0.603. The zero-order valence-electron chi connectivity index (χ0n) is 13.8. The molecule has 1 aromatic heterocycles. The minimum absolute atomic E-state index is 0.00134. The lowest BCUT2D eigenvalue weighted by Crippen LogP contribution is -2.41. The number of hydrogen-bond acceptors (Lipinski definition) is 5. The van der Waals surface area contributed by atoms with Crippen molar-refractivity contribution in [2.75, 3.05) is 18.9 Å². The molecule has 3 N–H and O–H groups in total. The fourth-order valence-electron chi connectivity index (χ4n) is 2.27. The van der Waals surface area contributed by atoms with Crippen LogP contribution in [0.25, 0.3) is 0 Å². The number of nitrogens with zero attached hydrogens (tertiary/aromatic N) is 2. The van der Waals surface area contributed by atoms with Crippen LogP contribution < -0.4 is 16.6 Å². The minimum atomic E-state index is -1.06. The number of aromatic nitrogens is 2. The Kier molecular flexibility index (Phi) is 5.08. The predicted molar refractivity (Wildman–Crippen MR) is 89.6 cm³/mol. The maximum Gasteiger partial charge on any atom is 0.363 e. The Bertz CT molecular complexity index is 852. The lowest BCUT2D eigenvalue weighted by molar-refractivity contribution is 0.0775. The van der Waals surface area contributed by atoms with Gasteiger partial charge in [0.05, 0.1) is 0 Å². The van der Waals surface area contributed by atoms with Gasteiger partial charge in [0.15, 0.2) is 0 Å². The molecule has 0 unspecified atom stereocenters. The van der Waals surface area contributed by atoms with Crippen LogP contribution in [0.1, 0.15) is 28.4 Å². The van der Waals surface area contributed by atoms with E-state index < -0.39 is 17.2 Å². The van der Waals surface area contributed by atoms with Crippen LogP contribution in [0.2, 0.25) is 0 Å². The highest BCUT2D eigenvalue weighted by Gasteiger charge is 2.23. The molecule has 0 atom stereocenters. The van der Waals surface area contributed by atoms with Crippen LogP contribution in [0.15, 0.2) is 33.9 Å². The fourth-order valence-corrected chi connectivity index (χ4v) is 2.27. The predicted octanol–water partition coefficient (Wildman–Crippen LogP) is 0.786. The normalized spacial score (nSPS) is 10.5. The summed E-state index contributed by atoms with van der Waals surface area (Å²) in [5, 5.41) is 12.3. The number of benzene rings is 1. The number of anilines is 1. The van der Waals surface area contributed by atoms with Gasteiger partial charge in [-0.25, -0.2) is 4.79 Å². The van der Waals surface area contributed by atoms with Crippen LogP contribution in [0.4, 0.5) is 5.82 Å². The van der Waals surface area contributed by atoms with Crippen molar-refractivity contribution in [3.05, 3.63) is 61.8 Å². The van der Waals surface area contributed by atoms with E-state index >= 15 is 0 Å². The van der Waals surface area contributed by atoms with Gasteiger partial charge in [0.2, 0.25) is 0 Å². The summed E-state index contributed by atoms with van der Waals surface area (Å²) in [4.78, 5) is 39.9. The molecule has 2 rings (SSSR count). The van der Waals surface area contributed by atoms with E-state index in [2.05, 4.69) is 10.3 Å². The number of aryl methyl sites for hydroxylation is 1. The van der Waals surface area contributed by atoms with E-state index in [4.69, 9.17) is 0 Å². The number of amides is 1.